The van der Waals surface area contributed by atoms with Crippen LogP contribution in [0.25, 0.3) is 0 Å². The molecule has 0 unspecified atom stereocenters. The van der Waals surface area contributed by atoms with Gasteiger partial charge in [-0.3, -0.25) is 4.79 Å². The van der Waals surface area contributed by atoms with E-state index in [1.165, 1.54) is 28.6 Å². The molecule has 1 heterocycles. The van der Waals surface area contributed by atoms with Gasteiger partial charge >= 0.3 is 0 Å². The zero-order valence-electron chi connectivity index (χ0n) is 14.3. The molecule has 0 atom stereocenters. The van der Waals surface area contributed by atoms with Crippen LogP contribution in [0.15, 0.2) is 41.3 Å². The Morgan fingerprint density at radius 1 is 1.07 bits per heavy atom. The predicted molar refractivity (Wildman–Crippen MR) is 95.0 cm³/mol. The summed E-state index contributed by atoms with van der Waals surface area (Å²) in [7, 11) is -3.70. The predicted octanol–water partition coefficient (Wildman–Crippen LogP) is 3.10. The minimum atomic E-state index is -3.70. The zero-order valence-corrected chi connectivity index (χ0v) is 15.1. The second-order valence-electron chi connectivity index (χ2n) is 6.23. The third-order valence-corrected chi connectivity index (χ3v) is 6.20. The van der Waals surface area contributed by atoms with E-state index in [0.29, 0.717) is 25.2 Å². The normalized spacial score (nSPS) is 15.5. The maximum absolute atomic E-state index is 13.8. The van der Waals surface area contributed by atoms with Gasteiger partial charge in [0.25, 0.3) is 5.91 Å². The number of anilines is 1. The van der Waals surface area contributed by atoms with Crippen molar-refractivity contribution in [3.8, 4) is 5.75 Å². The number of hydrogen-bond donors (Lipinski definition) is 2. The van der Waals surface area contributed by atoms with E-state index in [-0.39, 0.29) is 10.6 Å². The van der Waals surface area contributed by atoms with Crippen LogP contribution in [0.3, 0.4) is 0 Å². The van der Waals surface area contributed by atoms with E-state index >= 15 is 0 Å². The maximum atomic E-state index is 13.8. The summed E-state index contributed by atoms with van der Waals surface area (Å²) in [6.45, 7) is 0.876. The molecule has 2 aromatic carbocycles. The smallest absolute Gasteiger partial charge is 0.262 e. The van der Waals surface area contributed by atoms with Gasteiger partial charge in [-0.25, -0.2) is 17.2 Å². The Morgan fingerprint density at radius 3 is 2.44 bits per heavy atom. The van der Waals surface area contributed by atoms with Crippen LogP contribution in [-0.2, 0) is 10.0 Å². The molecule has 9 heteroatoms. The molecule has 0 aliphatic carbocycles. The first-order valence-electron chi connectivity index (χ1n) is 8.38. The summed E-state index contributed by atoms with van der Waals surface area (Å²) in [4.78, 5) is 12.2. The molecule has 1 saturated heterocycles. The molecule has 0 saturated carbocycles. The Labute approximate surface area is 155 Å². The molecule has 1 aliphatic heterocycles. The fourth-order valence-electron chi connectivity index (χ4n) is 2.97. The SMILES string of the molecule is O=C(Nc1cccc(S(=O)(=O)N2CCCCC2)c1)c1c(O)cc(F)cc1F. The zero-order chi connectivity index (χ0) is 19.6. The van der Waals surface area contributed by atoms with Gasteiger partial charge in [-0.05, 0) is 31.0 Å². The van der Waals surface area contributed by atoms with Crippen LogP contribution in [-0.4, -0.2) is 36.8 Å². The number of phenols is 1. The highest BCUT2D eigenvalue weighted by atomic mass is 32.2. The maximum Gasteiger partial charge on any atom is 0.262 e. The van der Waals surface area contributed by atoms with E-state index in [2.05, 4.69) is 5.32 Å². The molecule has 0 radical (unpaired) electrons. The van der Waals surface area contributed by atoms with Crippen molar-refractivity contribution in [2.45, 2.75) is 24.2 Å². The number of piperidine rings is 1. The molecule has 2 N–H and O–H groups in total. The van der Waals surface area contributed by atoms with E-state index in [1.807, 2.05) is 0 Å². The van der Waals surface area contributed by atoms with Crippen LogP contribution < -0.4 is 5.32 Å². The van der Waals surface area contributed by atoms with Crippen molar-refractivity contribution in [1.82, 2.24) is 4.31 Å². The first-order valence-corrected chi connectivity index (χ1v) is 9.82. The summed E-state index contributed by atoms with van der Waals surface area (Å²) >= 11 is 0. The Morgan fingerprint density at radius 2 is 1.78 bits per heavy atom. The highest BCUT2D eigenvalue weighted by Crippen LogP contribution is 2.25. The van der Waals surface area contributed by atoms with Crippen molar-refractivity contribution in [2.75, 3.05) is 18.4 Å². The molecule has 3 rings (SSSR count). The number of carbonyl (C=O) groups excluding carboxylic acids is 1. The molecular formula is C18H18F2N2O4S. The molecule has 6 nitrogen and oxygen atoms in total. The van der Waals surface area contributed by atoms with Crippen LogP contribution in [0.5, 0.6) is 5.75 Å². The molecule has 1 fully saturated rings. The quantitative estimate of drug-likeness (QED) is 0.832. The van der Waals surface area contributed by atoms with E-state index in [9.17, 15) is 27.1 Å². The summed E-state index contributed by atoms with van der Waals surface area (Å²) in [6, 6.07) is 6.66. The molecule has 144 valence electrons. The molecule has 2 aromatic rings. The van der Waals surface area contributed by atoms with E-state index in [0.717, 1.165) is 19.3 Å². The lowest BCUT2D eigenvalue weighted by atomic mass is 10.1. The van der Waals surface area contributed by atoms with Gasteiger partial charge in [0.1, 0.15) is 22.9 Å². The van der Waals surface area contributed by atoms with Gasteiger partial charge in [0.05, 0.1) is 4.90 Å². The van der Waals surface area contributed by atoms with Crippen molar-refractivity contribution >= 4 is 21.6 Å². The van der Waals surface area contributed by atoms with Gasteiger partial charge < -0.3 is 10.4 Å². The fourth-order valence-corrected chi connectivity index (χ4v) is 4.53. The summed E-state index contributed by atoms with van der Waals surface area (Å²) in [5.41, 5.74) is -0.609. The van der Waals surface area contributed by atoms with Gasteiger partial charge in [-0.1, -0.05) is 12.5 Å². The first kappa shape index (κ1) is 19.2. The van der Waals surface area contributed by atoms with Gasteiger partial charge in [-0.2, -0.15) is 4.31 Å². The van der Waals surface area contributed by atoms with Crippen molar-refractivity contribution in [3.63, 3.8) is 0 Å². The summed E-state index contributed by atoms with van der Waals surface area (Å²) in [5, 5.41) is 12.0. The van der Waals surface area contributed by atoms with Crippen molar-refractivity contribution in [2.24, 2.45) is 0 Å². The number of nitrogens with one attached hydrogen (secondary N) is 1. The molecule has 1 amide bonds. The minimum absolute atomic E-state index is 0.00556. The lowest BCUT2D eigenvalue weighted by molar-refractivity contribution is 0.102. The number of sulfonamides is 1. The second-order valence-corrected chi connectivity index (χ2v) is 8.17. The topological polar surface area (TPSA) is 86.7 Å². The molecule has 0 spiro atoms. The Bertz CT molecular complexity index is 950. The van der Waals surface area contributed by atoms with Crippen LogP contribution in [0.2, 0.25) is 0 Å². The average molecular weight is 396 g/mol. The summed E-state index contributed by atoms with van der Waals surface area (Å²) in [5.74, 6) is -4.10. The highest BCUT2D eigenvalue weighted by Gasteiger charge is 2.26. The van der Waals surface area contributed by atoms with Crippen molar-refractivity contribution in [3.05, 3.63) is 53.6 Å². The largest absolute Gasteiger partial charge is 0.507 e. The third kappa shape index (κ3) is 4.09. The lowest BCUT2D eigenvalue weighted by Crippen LogP contribution is -2.35. The first-order chi connectivity index (χ1) is 12.8. The molecule has 0 bridgehead atoms. The van der Waals surface area contributed by atoms with E-state index in [4.69, 9.17) is 0 Å². The standard InChI is InChI=1S/C18H18F2N2O4S/c19-12-9-15(20)17(16(23)10-12)18(24)21-13-5-4-6-14(11-13)27(25,26)22-7-2-1-3-8-22/h4-6,9-11,23H,1-3,7-8H2,(H,21,24). The van der Waals surface area contributed by atoms with Crippen LogP contribution >= 0.6 is 0 Å². The van der Waals surface area contributed by atoms with Gasteiger partial charge in [0.15, 0.2) is 0 Å². The van der Waals surface area contributed by atoms with Crippen molar-refractivity contribution < 1.29 is 27.1 Å². The summed E-state index contributed by atoms with van der Waals surface area (Å²) < 4.78 is 53.7. The van der Waals surface area contributed by atoms with Gasteiger partial charge in [-0.15, -0.1) is 0 Å². The molecule has 27 heavy (non-hydrogen) atoms. The number of benzene rings is 2. The molecular weight excluding hydrogens is 378 g/mol. The fraction of sp³-hybridized carbons (Fsp3) is 0.278. The monoisotopic (exact) mass is 396 g/mol. The molecule has 0 aromatic heterocycles. The van der Waals surface area contributed by atoms with Crippen LogP contribution in [0, 0.1) is 11.6 Å². The number of halogens is 2. The Kier molecular flexibility index (Phi) is 5.43. The minimum Gasteiger partial charge on any atom is -0.507 e. The number of nitrogens with zero attached hydrogens (tertiary/aromatic N) is 1. The highest BCUT2D eigenvalue weighted by molar-refractivity contribution is 7.89. The van der Waals surface area contributed by atoms with Gasteiger partial charge in [0, 0.05) is 30.9 Å². The van der Waals surface area contributed by atoms with Crippen LogP contribution in [0.1, 0.15) is 29.6 Å². The number of rotatable bonds is 4. The van der Waals surface area contributed by atoms with Gasteiger partial charge in [0.2, 0.25) is 10.0 Å². The van der Waals surface area contributed by atoms with Crippen molar-refractivity contribution in [1.29, 1.82) is 0 Å². The number of carbonyl (C=O) groups is 1. The lowest BCUT2D eigenvalue weighted by Gasteiger charge is -2.26. The Hall–Kier alpha value is -2.52. The Balaban J connectivity index is 1.85. The third-order valence-electron chi connectivity index (χ3n) is 4.31. The molecule has 1 aliphatic rings. The van der Waals surface area contributed by atoms with E-state index in [1.54, 1.807) is 0 Å². The number of amides is 1. The second kappa shape index (κ2) is 7.61. The number of phenolic OH excluding ortho intramolecular Hbond substituents is 1. The average Bonchev–Trinajstić information content (AvgIpc) is 2.62. The number of aromatic hydroxyl groups is 1. The summed E-state index contributed by atoms with van der Waals surface area (Å²) in [6.07, 6.45) is 2.56. The van der Waals surface area contributed by atoms with E-state index < -0.39 is 38.9 Å². The van der Waals surface area contributed by atoms with Crippen LogP contribution in [0.4, 0.5) is 14.5 Å². The number of hydrogen-bond acceptors (Lipinski definition) is 4.